The van der Waals surface area contributed by atoms with Crippen LogP contribution in [0.2, 0.25) is 0 Å². The van der Waals surface area contributed by atoms with Crippen LogP contribution < -0.4 is 4.74 Å². The van der Waals surface area contributed by atoms with Gasteiger partial charge in [0.1, 0.15) is 5.75 Å². The molecule has 0 amide bonds. The molecule has 0 atom stereocenters. The van der Waals surface area contributed by atoms with Crippen LogP contribution >= 0.6 is 0 Å². The summed E-state index contributed by atoms with van der Waals surface area (Å²) in [6.45, 7) is 1.33. The van der Waals surface area contributed by atoms with E-state index in [1.165, 1.54) is 6.07 Å². The van der Waals surface area contributed by atoms with Crippen molar-refractivity contribution in [3.8, 4) is 5.75 Å². The van der Waals surface area contributed by atoms with Gasteiger partial charge in [0.15, 0.2) is 5.78 Å². The summed E-state index contributed by atoms with van der Waals surface area (Å²) in [5.74, 6) is 0.122. The molecule has 1 saturated carbocycles. The third-order valence-corrected chi connectivity index (χ3v) is 4.20. The maximum absolute atomic E-state index is 12.6. The third kappa shape index (κ3) is 5.23. The average molecular weight is 330 g/mol. The number of benzene rings is 1. The number of alkyl halides is 3. The van der Waals surface area contributed by atoms with Gasteiger partial charge in [-0.1, -0.05) is 6.07 Å². The van der Waals surface area contributed by atoms with E-state index in [0.29, 0.717) is 31.2 Å². The second-order valence-electron chi connectivity index (χ2n) is 6.06. The Kier molecular flexibility index (Phi) is 5.68. The van der Waals surface area contributed by atoms with E-state index in [1.807, 2.05) is 0 Å². The van der Waals surface area contributed by atoms with Gasteiger partial charge in [0.25, 0.3) is 0 Å². The molecule has 0 radical (unpaired) electrons. The van der Waals surface area contributed by atoms with E-state index in [4.69, 9.17) is 4.74 Å². The van der Waals surface area contributed by atoms with Gasteiger partial charge in [0.05, 0.1) is 19.1 Å². The Morgan fingerprint density at radius 2 is 1.91 bits per heavy atom. The summed E-state index contributed by atoms with van der Waals surface area (Å²) in [4.78, 5) is 12.6. The summed E-state index contributed by atoms with van der Waals surface area (Å²) in [5.41, 5.74) is 1.28. The lowest BCUT2D eigenvalue weighted by Crippen LogP contribution is -2.24. The van der Waals surface area contributed by atoms with E-state index in [2.05, 4.69) is 0 Å². The Bertz CT molecular complexity index is 547. The first-order valence-corrected chi connectivity index (χ1v) is 7.79. The summed E-state index contributed by atoms with van der Waals surface area (Å²) >= 11 is 0. The van der Waals surface area contributed by atoms with E-state index < -0.39 is 19.2 Å². The molecule has 3 nitrogen and oxygen atoms in total. The van der Waals surface area contributed by atoms with E-state index in [-0.39, 0.29) is 23.6 Å². The fraction of sp³-hybridized carbons (Fsp3) is 0.588. The van der Waals surface area contributed by atoms with Crippen LogP contribution in [0.1, 0.15) is 48.0 Å². The van der Waals surface area contributed by atoms with Crippen LogP contribution in [0.5, 0.6) is 5.75 Å². The highest BCUT2D eigenvalue weighted by molar-refractivity contribution is 5.99. The van der Waals surface area contributed by atoms with Crippen molar-refractivity contribution in [1.82, 2.24) is 0 Å². The maximum Gasteiger partial charge on any atom is 0.392 e. The van der Waals surface area contributed by atoms with Crippen molar-refractivity contribution in [3.05, 3.63) is 29.3 Å². The van der Waals surface area contributed by atoms with E-state index in [1.54, 1.807) is 19.1 Å². The quantitative estimate of drug-likeness (QED) is 0.828. The van der Waals surface area contributed by atoms with Gasteiger partial charge >= 0.3 is 6.18 Å². The van der Waals surface area contributed by atoms with Crippen molar-refractivity contribution < 1.29 is 27.8 Å². The van der Waals surface area contributed by atoms with Crippen molar-refractivity contribution >= 4 is 5.78 Å². The fourth-order valence-corrected chi connectivity index (χ4v) is 2.80. The van der Waals surface area contributed by atoms with Crippen LogP contribution in [0.4, 0.5) is 13.2 Å². The molecule has 1 aromatic rings. The Hall–Kier alpha value is -1.56. The minimum absolute atomic E-state index is 0.0179. The lowest BCUT2D eigenvalue weighted by Gasteiger charge is -2.25. The minimum atomic E-state index is -4.26. The average Bonchev–Trinajstić information content (AvgIpc) is 2.48. The molecular formula is C17H21F3O3. The number of carbonyl (C=O) groups excluding carboxylic acids is 1. The van der Waals surface area contributed by atoms with Crippen LogP contribution in [0.3, 0.4) is 0 Å². The van der Waals surface area contributed by atoms with Gasteiger partial charge in [-0.3, -0.25) is 4.79 Å². The number of aliphatic hydroxyl groups is 1. The molecule has 6 heteroatoms. The van der Waals surface area contributed by atoms with Crippen LogP contribution in [-0.2, 0) is 0 Å². The molecule has 0 heterocycles. The zero-order valence-electron chi connectivity index (χ0n) is 13.0. The molecular weight excluding hydrogens is 309 g/mol. The molecule has 0 aliphatic heterocycles. The first-order chi connectivity index (χ1) is 10.8. The second-order valence-corrected chi connectivity index (χ2v) is 6.06. The Morgan fingerprint density at radius 3 is 2.52 bits per heavy atom. The van der Waals surface area contributed by atoms with Crippen LogP contribution in [0, 0.1) is 12.8 Å². The number of ether oxygens (including phenoxy) is 1. The minimum Gasteiger partial charge on any atom is -0.493 e. The molecule has 1 N–H and O–H groups in total. The normalized spacial score (nSPS) is 22.0. The second kappa shape index (κ2) is 7.34. The largest absolute Gasteiger partial charge is 0.493 e. The molecule has 23 heavy (non-hydrogen) atoms. The predicted octanol–water partition coefficient (Wildman–Crippen LogP) is 4.06. The third-order valence-electron chi connectivity index (χ3n) is 4.20. The number of aliphatic hydroxyl groups excluding tert-OH is 1. The highest BCUT2D eigenvalue weighted by Gasteiger charge is 2.28. The number of hydrogen-bond donors (Lipinski definition) is 1. The number of carbonyl (C=O) groups is 1. The lowest BCUT2D eigenvalue weighted by atomic mass is 9.82. The van der Waals surface area contributed by atoms with Crippen molar-refractivity contribution in [3.63, 3.8) is 0 Å². The smallest absolute Gasteiger partial charge is 0.392 e. The van der Waals surface area contributed by atoms with E-state index in [9.17, 15) is 23.1 Å². The summed E-state index contributed by atoms with van der Waals surface area (Å²) in [6.07, 6.45) is -3.13. The highest BCUT2D eigenvalue weighted by Crippen LogP contribution is 2.30. The monoisotopic (exact) mass is 330 g/mol. The van der Waals surface area contributed by atoms with E-state index in [0.717, 1.165) is 5.56 Å². The first-order valence-electron chi connectivity index (χ1n) is 7.79. The van der Waals surface area contributed by atoms with Crippen molar-refractivity contribution in [2.45, 2.75) is 51.3 Å². The van der Waals surface area contributed by atoms with Crippen LogP contribution in [0.25, 0.3) is 0 Å². The van der Waals surface area contributed by atoms with Crippen molar-refractivity contribution in [2.24, 2.45) is 5.92 Å². The summed E-state index contributed by atoms with van der Waals surface area (Å²) in [7, 11) is 0. The Labute approximate surface area is 133 Å². The van der Waals surface area contributed by atoms with Gasteiger partial charge in [0, 0.05) is 11.5 Å². The Morgan fingerprint density at radius 1 is 1.26 bits per heavy atom. The molecule has 0 saturated heterocycles. The molecule has 2 rings (SSSR count). The van der Waals surface area contributed by atoms with E-state index >= 15 is 0 Å². The molecule has 0 unspecified atom stereocenters. The number of Topliss-reactive ketones (excluding diaryl/α,β-unsaturated/α-hetero) is 1. The SMILES string of the molecule is Cc1ccc(OCCC(F)(F)F)cc1C(=O)C1CCC(O)CC1. The maximum atomic E-state index is 12.6. The number of halogens is 3. The molecule has 0 spiro atoms. The predicted molar refractivity (Wildman–Crippen MR) is 79.6 cm³/mol. The lowest BCUT2D eigenvalue weighted by molar-refractivity contribution is -0.139. The van der Waals surface area contributed by atoms with Gasteiger partial charge in [-0.05, 0) is 50.3 Å². The summed E-state index contributed by atoms with van der Waals surface area (Å²) < 4.78 is 41.6. The van der Waals surface area contributed by atoms with Gasteiger partial charge in [-0.15, -0.1) is 0 Å². The van der Waals surface area contributed by atoms with Crippen molar-refractivity contribution in [1.29, 1.82) is 0 Å². The van der Waals surface area contributed by atoms with Gasteiger partial charge in [-0.25, -0.2) is 0 Å². The topological polar surface area (TPSA) is 46.5 Å². The number of aryl methyl sites for hydroxylation is 1. The molecule has 1 aliphatic rings. The number of ketones is 1. The van der Waals surface area contributed by atoms with Gasteiger partial charge < -0.3 is 9.84 Å². The molecule has 1 fully saturated rings. The zero-order chi connectivity index (χ0) is 17.0. The van der Waals surface area contributed by atoms with Crippen molar-refractivity contribution in [2.75, 3.05) is 6.61 Å². The number of rotatable bonds is 5. The standard InChI is InChI=1S/C17H21F3O3/c1-11-2-7-14(23-9-8-17(18,19)20)10-15(11)16(22)12-3-5-13(21)6-4-12/h2,7,10,12-13,21H,3-6,8-9H2,1H3. The van der Waals surface area contributed by atoms with Crippen LogP contribution in [-0.4, -0.2) is 29.8 Å². The molecule has 1 aromatic carbocycles. The molecule has 0 bridgehead atoms. The molecule has 1 aliphatic carbocycles. The van der Waals surface area contributed by atoms with Crippen LogP contribution in [0.15, 0.2) is 18.2 Å². The fourth-order valence-electron chi connectivity index (χ4n) is 2.80. The molecule has 0 aromatic heterocycles. The summed E-state index contributed by atoms with van der Waals surface area (Å²) in [6, 6.07) is 4.79. The van der Waals surface area contributed by atoms with Gasteiger partial charge in [0.2, 0.25) is 0 Å². The van der Waals surface area contributed by atoms with Gasteiger partial charge in [-0.2, -0.15) is 13.2 Å². The molecule has 128 valence electrons. The zero-order valence-corrected chi connectivity index (χ0v) is 13.0. The number of hydrogen-bond acceptors (Lipinski definition) is 3. The summed E-state index contributed by atoms with van der Waals surface area (Å²) in [5, 5.41) is 9.52. The highest BCUT2D eigenvalue weighted by atomic mass is 19.4. The Balaban J connectivity index is 2.03. The first kappa shape index (κ1) is 17.8.